The zero-order chi connectivity index (χ0) is 20.8. The fourth-order valence-electron chi connectivity index (χ4n) is 3.19. The molecule has 0 fully saturated rings. The van der Waals surface area contributed by atoms with Crippen molar-refractivity contribution in [3.63, 3.8) is 0 Å². The molecule has 1 aliphatic rings. The van der Waals surface area contributed by atoms with Crippen LogP contribution >= 0.6 is 11.3 Å². The molecule has 10 heteroatoms. The Balaban J connectivity index is 1.54. The van der Waals surface area contributed by atoms with Crippen LogP contribution in [0.15, 0.2) is 33.7 Å². The highest BCUT2D eigenvalue weighted by molar-refractivity contribution is 7.89. The van der Waals surface area contributed by atoms with Crippen molar-refractivity contribution in [2.45, 2.75) is 38.6 Å². The van der Waals surface area contributed by atoms with Crippen molar-refractivity contribution in [3.05, 3.63) is 57.4 Å². The summed E-state index contributed by atoms with van der Waals surface area (Å²) >= 11 is 1.28. The van der Waals surface area contributed by atoms with Gasteiger partial charge in [0.1, 0.15) is 5.76 Å². The summed E-state index contributed by atoms with van der Waals surface area (Å²) < 4.78 is 32.7. The maximum Gasteiger partial charge on any atom is 0.279 e. The van der Waals surface area contributed by atoms with Gasteiger partial charge in [-0.15, -0.1) is 11.3 Å². The van der Waals surface area contributed by atoms with Crippen molar-refractivity contribution in [3.8, 4) is 0 Å². The Morgan fingerprint density at radius 3 is 2.76 bits per heavy atom. The number of sulfonamides is 1. The summed E-state index contributed by atoms with van der Waals surface area (Å²) in [6, 6.07) is 6.97. The van der Waals surface area contributed by atoms with Gasteiger partial charge in [-0.05, 0) is 38.0 Å². The van der Waals surface area contributed by atoms with E-state index in [4.69, 9.17) is 4.52 Å². The van der Waals surface area contributed by atoms with Crippen LogP contribution in [0.2, 0.25) is 0 Å². The molecule has 3 aromatic rings. The predicted octanol–water partition coefficient (Wildman–Crippen LogP) is 3.06. The molecule has 1 aliphatic heterocycles. The lowest BCUT2D eigenvalue weighted by atomic mass is 10.2. The molecular weight excluding hydrogens is 412 g/mol. The Hall–Kier alpha value is -2.56. The smallest absolute Gasteiger partial charge is 0.279 e. The normalized spacial score (nSPS) is 14.6. The largest absolute Gasteiger partial charge is 0.361 e. The molecule has 0 saturated carbocycles. The molecule has 152 valence electrons. The van der Waals surface area contributed by atoms with E-state index in [1.54, 1.807) is 26.0 Å². The molecule has 0 bridgehead atoms. The Morgan fingerprint density at radius 1 is 1.24 bits per heavy atom. The molecule has 0 aliphatic carbocycles. The molecule has 3 heterocycles. The van der Waals surface area contributed by atoms with E-state index in [0.717, 1.165) is 21.7 Å². The highest BCUT2D eigenvalue weighted by Gasteiger charge is 2.31. The summed E-state index contributed by atoms with van der Waals surface area (Å²) in [5.41, 5.74) is 2.61. The first-order valence-electron chi connectivity index (χ1n) is 9.04. The SMILES string of the molecule is Cc1ccc(C)c(S(=O)(=O)N2CCc3nc(NC(=O)c4cc(C)on4)sc3C2)c1. The third-order valence-electron chi connectivity index (χ3n) is 4.74. The number of anilines is 1. The lowest BCUT2D eigenvalue weighted by molar-refractivity contribution is 0.101. The van der Waals surface area contributed by atoms with Crippen LogP contribution in [0.5, 0.6) is 0 Å². The minimum atomic E-state index is -3.61. The van der Waals surface area contributed by atoms with Gasteiger partial charge in [-0.3, -0.25) is 10.1 Å². The molecule has 0 spiro atoms. The van der Waals surface area contributed by atoms with E-state index in [1.165, 1.54) is 15.6 Å². The first-order chi connectivity index (χ1) is 13.7. The number of fused-ring (bicyclic) bond motifs is 1. The Kier molecular flexibility index (Phi) is 5.01. The topological polar surface area (TPSA) is 105 Å². The maximum atomic E-state index is 13.2. The zero-order valence-corrected chi connectivity index (χ0v) is 17.9. The summed E-state index contributed by atoms with van der Waals surface area (Å²) in [6.07, 6.45) is 0.495. The van der Waals surface area contributed by atoms with Gasteiger partial charge in [-0.1, -0.05) is 17.3 Å². The van der Waals surface area contributed by atoms with Crippen molar-refractivity contribution in [1.29, 1.82) is 0 Å². The Morgan fingerprint density at radius 2 is 2.03 bits per heavy atom. The quantitative estimate of drug-likeness (QED) is 0.679. The standard InChI is InChI=1S/C19H20N4O4S2/c1-11-4-5-12(2)17(8-11)29(25,26)23-7-6-14-16(10-23)28-19(20-14)21-18(24)15-9-13(3)27-22-15/h4-5,8-9H,6-7,10H2,1-3H3,(H,20,21,24). The molecule has 1 amide bonds. The number of carbonyl (C=O) groups is 1. The van der Waals surface area contributed by atoms with Gasteiger partial charge in [0.2, 0.25) is 10.0 Å². The average Bonchev–Trinajstić information content (AvgIpc) is 3.28. The number of aromatic nitrogens is 2. The van der Waals surface area contributed by atoms with Crippen LogP contribution in [0.3, 0.4) is 0 Å². The number of amides is 1. The van der Waals surface area contributed by atoms with E-state index in [2.05, 4.69) is 15.5 Å². The van der Waals surface area contributed by atoms with Gasteiger partial charge in [0, 0.05) is 23.9 Å². The van der Waals surface area contributed by atoms with E-state index in [-0.39, 0.29) is 12.2 Å². The number of hydrogen-bond acceptors (Lipinski definition) is 7. The second-order valence-electron chi connectivity index (χ2n) is 7.02. The van der Waals surface area contributed by atoms with Crippen LogP contribution in [0.25, 0.3) is 0 Å². The van der Waals surface area contributed by atoms with Crippen LogP contribution in [-0.4, -0.2) is 35.3 Å². The molecule has 0 atom stereocenters. The van der Waals surface area contributed by atoms with Crippen molar-refractivity contribution >= 4 is 32.4 Å². The molecule has 1 aromatic carbocycles. The molecule has 2 aromatic heterocycles. The first kappa shape index (κ1) is 19.7. The fourth-order valence-corrected chi connectivity index (χ4v) is 6.01. The van der Waals surface area contributed by atoms with E-state index in [0.29, 0.717) is 28.8 Å². The third kappa shape index (κ3) is 3.83. The monoisotopic (exact) mass is 432 g/mol. The van der Waals surface area contributed by atoms with Crippen LogP contribution in [-0.2, 0) is 23.0 Å². The van der Waals surface area contributed by atoms with Crippen molar-refractivity contribution in [2.24, 2.45) is 0 Å². The first-order valence-corrected chi connectivity index (χ1v) is 11.3. The molecule has 0 unspecified atom stereocenters. The van der Waals surface area contributed by atoms with Gasteiger partial charge in [0.15, 0.2) is 10.8 Å². The van der Waals surface area contributed by atoms with E-state index >= 15 is 0 Å². The number of thiazole rings is 1. The molecular formula is C19H20N4O4S2. The molecule has 29 heavy (non-hydrogen) atoms. The molecule has 0 radical (unpaired) electrons. The number of nitrogens with zero attached hydrogens (tertiary/aromatic N) is 3. The second-order valence-corrected chi connectivity index (χ2v) is 10.0. The summed E-state index contributed by atoms with van der Waals surface area (Å²) in [7, 11) is -3.61. The number of nitrogens with one attached hydrogen (secondary N) is 1. The van der Waals surface area contributed by atoms with Crippen molar-refractivity contribution in [1.82, 2.24) is 14.4 Å². The lowest BCUT2D eigenvalue weighted by Crippen LogP contribution is -2.35. The van der Waals surface area contributed by atoms with E-state index < -0.39 is 15.9 Å². The highest BCUT2D eigenvalue weighted by atomic mass is 32.2. The van der Waals surface area contributed by atoms with Crippen LogP contribution < -0.4 is 5.32 Å². The Bertz CT molecular complexity index is 1200. The van der Waals surface area contributed by atoms with Crippen LogP contribution in [0.1, 0.15) is 37.9 Å². The molecule has 1 N–H and O–H groups in total. The summed E-state index contributed by atoms with van der Waals surface area (Å²) in [5, 5.41) is 6.82. The number of hydrogen-bond donors (Lipinski definition) is 1. The van der Waals surface area contributed by atoms with Crippen molar-refractivity contribution < 1.29 is 17.7 Å². The highest BCUT2D eigenvalue weighted by Crippen LogP contribution is 2.32. The number of carbonyl (C=O) groups excluding carboxylic acids is 1. The van der Waals surface area contributed by atoms with E-state index in [9.17, 15) is 13.2 Å². The zero-order valence-electron chi connectivity index (χ0n) is 16.2. The summed E-state index contributed by atoms with van der Waals surface area (Å²) in [6.45, 7) is 5.97. The van der Waals surface area contributed by atoms with Gasteiger partial charge < -0.3 is 4.52 Å². The van der Waals surface area contributed by atoms with Gasteiger partial charge in [-0.25, -0.2) is 13.4 Å². The van der Waals surface area contributed by atoms with Gasteiger partial charge in [0.05, 0.1) is 17.1 Å². The number of aryl methyl sites for hydroxylation is 3. The second kappa shape index (κ2) is 7.36. The molecule has 0 saturated heterocycles. The summed E-state index contributed by atoms with van der Waals surface area (Å²) in [5.74, 6) is 0.133. The Labute approximate surface area is 172 Å². The third-order valence-corrected chi connectivity index (χ3v) is 7.72. The molecule has 4 rings (SSSR count). The number of benzene rings is 1. The van der Waals surface area contributed by atoms with Gasteiger partial charge in [0.25, 0.3) is 5.91 Å². The average molecular weight is 433 g/mol. The maximum absolute atomic E-state index is 13.2. The fraction of sp³-hybridized carbons (Fsp3) is 0.316. The molecule has 8 nitrogen and oxygen atoms in total. The van der Waals surface area contributed by atoms with E-state index in [1.807, 2.05) is 19.1 Å². The predicted molar refractivity (Wildman–Crippen MR) is 109 cm³/mol. The number of rotatable bonds is 4. The summed E-state index contributed by atoms with van der Waals surface area (Å²) in [4.78, 5) is 17.9. The van der Waals surface area contributed by atoms with Gasteiger partial charge in [-0.2, -0.15) is 4.31 Å². The van der Waals surface area contributed by atoms with Crippen LogP contribution in [0, 0.1) is 20.8 Å². The van der Waals surface area contributed by atoms with Gasteiger partial charge >= 0.3 is 0 Å². The lowest BCUT2D eigenvalue weighted by Gasteiger charge is -2.26. The van der Waals surface area contributed by atoms with Crippen molar-refractivity contribution in [2.75, 3.05) is 11.9 Å². The minimum absolute atomic E-state index is 0.176. The minimum Gasteiger partial charge on any atom is -0.361 e. The van der Waals surface area contributed by atoms with Crippen LogP contribution in [0.4, 0.5) is 5.13 Å².